The first-order valence-electron chi connectivity index (χ1n) is 6.01. The van der Waals surface area contributed by atoms with E-state index in [0.29, 0.717) is 17.5 Å². The second-order valence-corrected chi connectivity index (χ2v) is 6.13. The molecular formula is C13H19NO4S. The molecule has 0 aliphatic rings. The molecule has 0 saturated heterocycles. The van der Waals surface area contributed by atoms with E-state index in [2.05, 4.69) is 0 Å². The summed E-state index contributed by atoms with van der Waals surface area (Å²) in [5.74, 6) is -0.531. The van der Waals surface area contributed by atoms with Gasteiger partial charge in [-0.1, -0.05) is 13.0 Å². The highest BCUT2D eigenvalue weighted by Crippen LogP contribution is 2.20. The van der Waals surface area contributed by atoms with Gasteiger partial charge in [0.15, 0.2) is 0 Å². The second kappa shape index (κ2) is 5.71. The number of primary sulfonamides is 1. The van der Waals surface area contributed by atoms with Gasteiger partial charge in [0.25, 0.3) is 0 Å². The summed E-state index contributed by atoms with van der Waals surface area (Å²) >= 11 is 0. The Bertz CT molecular complexity index is 593. The zero-order valence-electron chi connectivity index (χ0n) is 11.6. The topological polar surface area (TPSA) is 86.5 Å². The number of esters is 1. The molecule has 6 heteroatoms. The maximum Gasteiger partial charge on any atom is 0.338 e. The van der Waals surface area contributed by atoms with Gasteiger partial charge in [-0.15, -0.1) is 0 Å². The van der Waals surface area contributed by atoms with Crippen LogP contribution in [-0.4, -0.2) is 20.5 Å². The highest BCUT2D eigenvalue weighted by atomic mass is 32.2. The lowest BCUT2D eigenvalue weighted by atomic mass is 10.1. The smallest absolute Gasteiger partial charge is 0.338 e. The van der Waals surface area contributed by atoms with Crippen LogP contribution in [-0.2, 0) is 14.8 Å². The number of hydrogen-bond acceptors (Lipinski definition) is 4. The molecule has 0 spiro atoms. The van der Waals surface area contributed by atoms with Gasteiger partial charge in [0.2, 0.25) is 10.0 Å². The molecule has 0 saturated carbocycles. The van der Waals surface area contributed by atoms with E-state index in [4.69, 9.17) is 9.88 Å². The average molecular weight is 285 g/mol. The molecule has 0 aliphatic heterocycles. The molecule has 5 nitrogen and oxygen atoms in total. The van der Waals surface area contributed by atoms with Crippen LogP contribution < -0.4 is 5.14 Å². The van der Waals surface area contributed by atoms with E-state index in [1.165, 1.54) is 6.07 Å². The first kappa shape index (κ1) is 15.7. The maximum absolute atomic E-state index is 12.0. The van der Waals surface area contributed by atoms with E-state index < -0.39 is 16.0 Å². The minimum atomic E-state index is -3.85. The molecule has 0 radical (unpaired) electrons. The number of aryl methyl sites for hydroxylation is 2. The first-order chi connectivity index (χ1) is 8.66. The third kappa shape index (κ3) is 3.78. The molecule has 1 rings (SSSR count). The molecule has 1 atom stereocenters. The van der Waals surface area contributed by atoms with Gasteiger partial charge in [-0.05, 0) is 44.4 Å². The van der Waals surface area contributed by atoms with Crippen molar-refractivity contribution < 1.29 is 17.9 Å². The van der Waals surface area contributed by atoms with Gasteiger partial charge in [0.05, 0.1) is 16.6 Å². The Hall–Kier alpha value is -1.40. The van der Waals surface area contributed by atoms with Crippen LogP contribution in [0.4, 0.5) is 0 Å². The van der Waals surface area contributed by atoms with Crippen LogP contribution in [0.1, 0.15) is 41.8 Å². The van der Waals surface area contributed by atoms with Gasteiger partial charge >= 0.3 is 5.97 Å². The minimum absolute atomic E-state index is 0.0470. The number of ether oxygens (including phenoxy) is 1. The van der Waals surface area contributed by atoms with Crippen molar-refractivity contribution in [1.29, 1.82) is 0 Å². The molecule has 0 heterocycles. The van der Waals surface area contributed by atoms with E-state index in [-0.39, 0.29) is 16.6 Å². The Morgan fingerprint density at radius 2 is 1.89 bits per heavy atom. The predicted octanol–water partition coefficient (Wildman–Crippen LogP) is 1.91. The summed E-state index contributed by atoms with van der Waals surface area (Å²) in [5.41, 5.74) is 1.41. The first-order valence-corrected chi connectivity index (χ1v) is 7.56. The van der Waals surface area contributed by atoms with Crippen LogP contribution in [0.3, 0.4) is 0 Å². The molecule has 1 aromatic rings. The summed E-state index contributed by atoms with van der Waals surface area (Å²) in [5, 5.41) is 5.12. The summed E-state index contributed by atoms with van der Waals surface area (Å²) in [6.07, 6.45) is 0.477. The molecule has 0 bridgehead atoms. The molecule has 106 valence electrons. The molecule has 1 unspecified atom stereocenters. The van der Waals surface area contributed by atoms with E-state index in [1.54, 1.807) is 26.8 Å². The Labute approximate surface area is 113 Å². The molecule has 0 amide bonds. The normalized spacial score (nSPS) is 13.1. The summed E-state index contributed by atoms with van der Waals surface area (Å²) in [7, 11) is -3.85. The van der Waals surface area contributed by atoms with E-state index in [9.17, 15) is 13.2 Å². The third-order valence-corrected chi connectivity index (χ3v) is 3.98. The molecule has 0 aliphatic carbocycles. The number of hydrogen-bond donors (Lipinski definition) is 1. The SMILES string of the molecule is CCC(C)OC(=O)c1cc(S(N)(=O)=O)c(C)cc1C. The molecule has 0 aromatic heterocycles. The van der Waals surface area contributed by atoms with Crippen molar-refractivity contribution >= 4 is 16.0 Å². The van der Waals surface area contributed by atoms with Gasteiger partial charge < -0.3 is 4.74 Å². The molecule has 0 fully saturated rings. The Morgan fingerprint density at radius 3 is 2.37 bits per heavy atom. The van der Waals surface area contributed by atoms with E-state index in [1.807, 2.05) is 6.92 Å². The van der Waals surface area contributed by atoms with Gasteiger partial charge in [-0.2, -0.15) is 0 Å². The predicted molar refractivity (Wildman–Crippen MR) is 72.5 cm³/mol. The fourth-order valence-electron chi connectivity index (χ4n) is 1.69. The fraction of sp³-hybridized carbons (Fsp3) is 0.462. The fourth-order valence-corrected chi connectivity index (χ4v) is 2.48. The van der Waals surface area contributed by atoms with Gasteiger partial charge in [0.1, 0.15) is 0 Å². The molecule has 19 heavy (non-hydrogen) atoms. The molecular weight excluding hydrogens is 266 g/mol. The number of rotatable bonds is 4. The van der Waals surface area contributed by atoms with Crippen LogP contribution in [0.2, 0.25) is 0 Å². The summed E-state index contributed by atoms with van der Waals surface area (Å²) < 4.78 is 28.1. The van der Waals surface area contributed by atoms with Crippen molar-refractivity contribution in [2.45, 2.75) is 45.1 Å². The third-order valence-electron chi connectivity index (χ3n) is 2.93. The molecule has 1 aromatic carbocycles. The van der Waals surface area contributed by atoms with Gasteiger partial charge in [0, 0.05) is 0 Å². The highest BCUT2D eigenvalue weighted by Gasteiger charge is 2.19. The van der Waals surface area contributed by atoms with Crippen LogP contribution in [0.5, 0.6) is 0 Å². The van der Waals surface area contributed by atoms with Gasteiger partial charge in [-0.25, -0.2) is 18.4 Å². The lowest BCUT2D eigenvalue weighted by molar-refractivity contribution is 0.0333. The lowest BCUT2D eigenvalue weighted by Crippen LogP contribution is -2.18. The Kier molecular flexibility index (Phi) is 4.70. The number of sulfonamides is 1. The zero-order valence-corrected chi connectivity index (χ0v) is 12.4. The zero-order chi connectivity index (χ0) is 14.8. The summed E-state index contributed by atoms with van der Waals surface area (Å²) in [4.78, 5) is 11.9. The largest absolute Gasteiger partial charge is 0.459 e. The lowest BCUT2D eigenvalue weighted by Gasteiger charge is -2.14. The van der Waals surface area contributed by atoms with Crippen molar-refractivity contribution in [1.82, 2.24) is 0 Å². The summed E-state index contributed by atoms with van der Waals surface area (Å²) in [6, 6.07) is 2.90. The van der Waals surface area contributed by atoms with Crippen molar-refractivity contribution in [2.75, 3.05) is 0 Å². The summed E-state index contributed by atoms with van der Waals surface area (Å²) in [6.45, 7) is 7.04. The average Bonchev–Trinajstić information content (AvgIpc) is 2.26. The van der Waals surface area contributed by atoms with Crippen molar-refractivity contribution in [2.24, 2.45) is 5.14 Å². The molecule has 2 N–H and O–H groups in total. The van der Waals surface area contributed by atoms with E-state index >= 15 is 0 Å². The number of carbonyl (C=O) groups excluding carboxylic acids is 1. The van der Waals surface area contributed by atoms with E-state index in [0.717, 1.165) is 0 Å². The quantitative estimate of drug-likeness (QED) is 0.856. The van der Waals surface area contributed by atoms with Gasteiger partial charge in [-0.3, -0.25) is 0 Å². The monoisotopic (exact) mass is 285 g/mol. The minimum Gasteiger partial charge on any atom is -0.459 e. The number of benzene rings is 1. The number of nitrogens with two attached hydrogens (primary N) is 1. The van der Waals surface area contributed by atoms with Crippen molar-refractivity contribution in [3.05, 3.63) is 28.8 Å². The number of carbonyl (C=O) groups is 1. The van der Waals surface area contributed by atoms with Crippen molar-refractivity contribution in [3.8, 4) is 0 Å². The Morgan fingerprint density at radius 1 is 1.32 bits per heavy atom. The van der Waals surface area contributed by atoms with Crippen LogP contribution in [0, 0.1) is 13.8 Å². The van der Waals surface area contributed by atoms with Crippen LogP contribution in [0.15, 0.2) is 17.0 Å². The Balaban J connectivity index is 3.26. The van der Waals surface area contributed by atoms with Crippen LogP contribution in [0.25, 0.3) is 0 Å². The highest BCUT2D eigenvalue weighted by molar-refractivity contribution is 7.89. The van der Waals surface area contributed by atoms with Crippen molar-refractivity contribution in [3.63, 3.8) is 0 Å². The maximum atomic E-state index is 12.0. The standard InChI is InChI=1S/C13H19NO4S/c1-5-10(4)18-13(15)11-7-12(19(14,16)17)9(3)6-8(11)2/h6-7,10H,5H2,1-4H3,(H2,14,16,17). The van der Waals surface area contributed by atoms with Crippen LogP contribution >= 0.6 is 0 Å². The second-order valence-electron chi connectivity index (χ2n) is 4.60.